The molecule has 4 heteroatoms. The molecule has 2 rings (SSSR count). The highest BCUT2D eigenvalue weighted by atomic mass is 16.5. The Bertz CT molecular complexity index is 395. The van der Waals surface area contributed by atoms with Gasteiger partial charge in [-0.3, -0.25) is 9.59 Å². The molecule has 16 heavy (non-hydrogen) atoms. The zero-order valence-corrected chi connectivity index (χ0v) is 9.10. The Labute approximate surface area is 93.6 Å². The highest BCUT2D eigenvalue weighted by Crippen LogP contribution is 2.29. The van der Waals surface area contributed by atoms with Gasteiger partial charge in [-0.2, -0.15) is 0 Å². The molecule has 1 saturated carbocycles. The molecular formula is C12H13NO3. The number of aromatic nitrogens is 1. The molecule has 1 aliphatic rings. The molecule has 0 aromatic carbocycles. The number of ketones is 2. The molecule has 4 nitrogen and oxygen atoms in total. The molecule has 1 fully saturated rings. The number of hydrogen-bond acceptors (Lipinski definition) is 4. The predicted octanol–water partition coefficient (Wildman–Crippen LogP) is 1.50. The molecule has 1 aromatic heterocycles. The van der Waals surface area contributed by atoms with E-state index in [9.17, 15) is 9.59 Å². The van der Waals surface area contributed by atoms with Gasteiger partial charge in [0.2, 0.25) is 5.88 Å². The Balaban J connectivity index is 2.16. The number of Topliss-reactive ketones (excluding diaryl/α,β-unsaturated/α-hetero) is 2. The molecule has 0 aliphatic heterocycles. The second-order valence-electron chi connectivity index (χ2n) is 3.99. The first-order valence-corrected chi connectivity index (χ1v) is 5.22. The molecule has 0 N–H and O–H groups in total. The molecule has 0 bridgehead atoms. The molecule has 0 amide bonds. The van der Waals surface area contributed by atoms with Gasteiger partial charge in [-0.1, -0.05) is 6.07 Å². The summed E-state index contributed by atoms with van der Waals surface area (Å²) in [6.45, 7) is 0. The van der Waals surface area contributed by atoms with Gasteiger partial charge in [0.05, 0.1) is 13.5 Å². The van der Waals surface area contributed by atoms with Gasteiger partial charge >= 0.3 is 0 Å². The molecule has 1 aromatic rings. The molecular weight excluding hydrogens is 206 g/mol. The number of pyridine rings is 1. The smallest absolute Gasteiger partial charge is 0.212 e. The zero-order valence-electron chi connectivity index (χ0n) is 9.10. The van der Waals surface area contributed by atoms with Crippen molar-refractivity contribution in [1.29, 1.82) is 0 Å². The fraction of sp³-hybridized carbons (Fsp3) is 0.417. The minimum Gasteiger partial charge on any atom is -0.481 e. The summed E-state index contributed by atoms with van der Waals surface area (Å²) < 4.78 is 4.95. The molecule has 0 unspecified atom stereocenters. The number of hydrogen-bond donors (Lipinski definition) is 0. The van der Waals surface area contributed by atoms with E-state index in [-0.39, 0.29) is 23.9 Å². The van der Waals surface area contributed by atoms with Gasteiger partial charge in [-0.25, -0.2) is 4.98 Å². The van der Waals surface area contributed by atoms with Crippen molar-refractivity contribution in [2.75, 3.05) is 7.11 Å². The van der Waals surface area contributed by atoms with E-state index >= 15 is 0 Å². The normalized spacial score (nSPS) is 17.6. The van der Waals surface area contributed by atoms with Crippen molar-refractivity contribution in [2.45, 2.75) is 25.2 Å². The van der Waals surface area contributed by atoms with Gasteiger partial charge in [0.25, 0.3) is 0 Å². The maximum absolute atomic E-state index is 11.3. The number of methoxy groups -OCH3 is 1. The lowest BCUT2D eigenvalue weighted by Gasteiger charge is -2.19. The lowest BCUT2D eigenvalue weighted by molar-refractivity contribution is -0.130. The van der Waals surface area contributed by atoms with Crippen LogP contribution < -0.4 is 4.74 Å². The third kappa shape index (κ3) is 2.27. The van der Waals surface area contributed by atoms with Crippen molar-refractivity contribution >= 4 is 11.6 Å². The summed E-state index contributed by atoms with van der Waals surface area (Å²) in [5.74, 6) is 0.582. The third-order valence-electron chi connectivity index (χ3n) is 2.78. The topological polar surface area (TPSA) is 56.3 Å². The zero-order chi connectivity index (χ0) is 11.5. The maximum atomic E-state index is 11.3. The predicted molar refractivity (Wildman–Crippen MR) is 57.4 cm³/mol. The number of ether oxygens (including phenoxy) is 1. The highest BCUT2D eigenvalue weighted by molar-refractivity contribution is 6.02. The summed E-state index contributed by atoms with van der Waals surface area (Å²) in [6, 6.07) is 3.61. The Morgan fingerprint density at radius 2 is 1.94 bits per heavy atom. The first-order valence-electron chi connectivity index (χ1n) is 5.22. The number of nitrogens with zero attached hydrogens (tertiary/aromatic N) is 1. The van der Waals surface area contributed by atoms with Crippen LogP contribution in [0.25, 0.3) is 0 Å². The average molecular weight is 219 g/mol. The van der Waals surface area contributed by atoms with Crippen molar-refractivity contribution in [2.24, 2.45) is 0 Å². The van der Waals surface area contributed by atoms with Crippen LogP contribution in [0.5, 0.6) is 5.88 Å². The molecule has 0 radical (unpaired) electrons. The summed E-state index contributed by atoms with van der Waals surface area (Å²) in [5, 5.41) is 0. The van der Waals surface area contributed by atoms with Crippen molar-refractivity contribution in [3.8, 4) is 5.88 Å². The quantitative estimate of drug-likeness (QED) is 0.707. The van der Waals surface area contributed by atoms with E-state index in [4.69, 9.17) is 4.74 Å². The molecule has 0 spiro atoms. The van der Waals surface area contributed by atoms with Crippen LogP contribution in [0.3, 0.4) is 0 Å². The minimum atomic E-state index is -0.00726. The number of rotatable bonds is 2. The van der Waals surface area contributed by atoms with Gasteiger partial charge in [0, 0.05) is 25.1 Å². The van der Waals surface area contributed by atoms with Crippen molar-refractivity contribution in [1.82, 2.24) is 4.98 Å². The lowest BCUT2D eigenvalue weighted by Crippen LogP contribution is -2.21. The van der Waals surface area contributed by atoms with Crippen LogP contribution in [0.15, 0.2) is 18.3 Å². The summed E-state index contributed by atoms with van der Waals surface area (Å²) >= 11 is 0. The van der Waals surface area contributed by atoms with Gasteiger partial charge in [0.1, 0.15) is 11.6 Å². The fourth-order valence-corrected chi connectivity index (χ4v) is 1.98. The van der Waals surface area contributed by atoms with E-state index < -0.39 is 0 Å². The monoisotopic (exact) mass is 219 g/mol. The fourth-order valence-electron chi connectivity index (χ4n) is 1.98. The van der Waals surface area contributed by atoms with Crippen molar-refractivity contribution in [3.63, 3.8) is 0 Å². The maximum Gasteiger partial charge on any atom is 0.212 e. The van der Waals surface area contributed by atoms with Gasteiger partial charge in [0.15, 0.2) is 0 Å². The van der Waals surface area contributed by atoms with E-state index in [0.717, 1.165) is 5.56 Å². The highest BCUT2D eigenvalue weighted by Gasteiger charge is 2.26. The minimum absolute atomic E-state index is 0.00726. The molecule has 1 aliphatic carbocycles. The van der Waals surface area contributed by atoms with Crippen LogP contribution in [-0.4, -0.2) is 23.7 Å². The molecule has 84 valence electrons. The summed E-state index contributed by atoms with van der Waals surface area (Å²) in [5.41, 5.74) is 0.933. The Hall–Kier alpha value is -1.71. The summed E-state index contributed by atoms with van der Waals surface area (Å²) in [4.78, 5) is 26.7. The molecule has 0 atom stereocenters. The van der Waals surface area contributed by atoms with Crippen molar-refractivity contribution < 1.29 is 14.3 Å². The van der Waals surface area contributed by atoms with Gasteiger partial charge in [-0.15, -0.1) is 0 Å². The first-order chi connectivity index (χ1) is 7.69. The lowest BCUT2D eigenvalue weighted by atomic mass is 9.83. The summed E-state index contributed by atoms with van der Waals surface area (Å²) in [6.07, 6.45) is 2.66. The van der Waals surface area contributed by atoms with Crippen molar-refractivity contribution in [3.05, 3.63) is 23.9 Å². The standard InChI is InChI=1S/C12H13NO3/c1-16-12-3-2-8(7-13-12)9-4-10(14)6-11(15)5-9/h2-3,7,9H,4-6H2,1H3. The van der Waals surface area contributed by atoms with Crippen LogP contribution in [0, 0.1) is 0 Å². The molecule has 1 heterocycles. The Kier molecular flexibility index (Phi) is 2.99. The second-order valence-corrected chi connectivity index (χ2v) is 3.99. The average Bonchev–Trinajstić information content (AvgIpc) is 2.28. The SMILES string of the molecule is COc1ccc(C2CC(=O)CC(=O)C2)cn1. The van der Waals surface area contributed by atoms with E-state index in [1.807, 2.05) is 6.07 Å². The van der Waals surface area contributed by atoms with Crippen LogP contribution in [0.4, 0.5) is 0 Å². The van der Waals surface area contributed by atoms with Gasteiger partial charge < -0.3 is 4.74 Å². The van der Waals surface area contributed by atoms with Gasteiger partial charge in [-0.05, 0) is 11.5 Å². The summed E-state index contributed by atoms with van der Waals surface area (Å²) in [7, 11) is 1.55. The van der Waals surface area contributed by atoms with Crippen LogP contribution in [0.2, 0.25) is 0 Å². The largest absolute Gasteiger partial charge is 0.481 e. The first kappa shape index (κ1) is 10.8. The number of carbonyl (C=O) groups is 2. The Morgan fingerprint density at radius 1 is 1.25 bits per heavy atom. The molecule has 0 saturated heterocycles. The van der Waals surface area contributed by atoms with E-state index in [1.165, 1.54) is 0 Å². The van der Waals surface area contributed by atoms with E-state index in [2.05, 4.69) is 4.98 Å². The van der Waals surface area contributed by atoms with Crippen LogP contribution >= 0.6 is 0 Å². The number of carbonyl (C=O) groups excluding carboxylic acids is 2. The van der Waals surface area contributed by atoms with Crippen LogP contribution in [0.1, 0.15) is 30.7 Å². The van der Waals surface area contributed by atoms with Crippen LogP contribution in [-0.2, 0) is 9.59 Å². The Morgan fingerprint density at radius 3 is 2.44 bits per heavy atom. The van der Waals surface area contributed by atoms with E-state index in [0.29, 0.717) is 18.7 Å². The van der Waals surface area contributed by atoms with E-state index in [1.54, 1.807) is 19.4 Å². The third-order valence-corrected chi connectivity index (χ3v) is 2.78. The second kappa shape index (κ2) is 4.43.